The second-order valence-corrected chi connectivity index (χ2v) is 4.23. The van der Waals surface area contributed by atoms with Crippen molar-refractivity contribution in [1.29, 1.82) is 0 Å². The third-order valence-corrected chi connectivity index (χ3v) is 2.50. The SMILES string of the molecule is C=C(N)CSPC. The lowest BCUT2D eigenvalue weighted by molar-refractivity contribution is 1.36. The van der Waals surface area contributed by atoms with E-state index in [1.165, 1.54) is 0 Å². The van der Waals surface area contributed by atoms with Crippen LogP contribution in [0.1, 0.15) is 0 Å². The molecule has 0 aliphatic heterocycles. The summed E-state index contributed by atoms with van der Waals surface area (Å²) < 4.78 is 0. The molecule has 0 saturated heterocycles. The van der Waals surface area contributed by atoms with Crippen molar-refractivity contribution in [1.82, 2.24) is 0 Å². The van der Waals surface area contributed by atoms with E-state index in [4.69, 9.17) is 5.73 Å². The van der Waals surface area contributed by atoms with Crippen LogP contribution in [0.3, 0.4) is 0 Å². The molecular formula is C4H10NPS. The summed E-state index contributed by atoms with van der Waals surface area (Å²) in [6.45, 7) is 5.69. The van der Waals surface area contributed by atoms with Crippen LogP contribution in [0.15, 0.2) is 12.3 Å². The van der Waals surface area contributed by atoms with Crippen molar-refractivity contribution in [2.75, 3.05) is 12.4 Å². The van der Waals surface area contributed by atoms with E-state index >= 15 is 0 Å². The zero-order valence-electron chi connectivity index (χ0n) is 4.40. The maximum absolute atomic E-state index is 5.27. The Morgan fingerprint density at radius 1 is 2.00 bits per heavy atom. The molecule has 0 fully saturated rings. The van der Waals surface area contributed by atoms with Crippen molar-refractivity contribution < 1.29 is 0 Å². The molecule has 0 spiro atoms. The molecule has 0 aromatic heterocycles. The lowest BCUT2D eigenvalue weighted by atomic mass is 10.6. The number of hydrogen-bond donors (Lipinski definition) is 1. The first-order valence-corrected chi connectivity index (χ1v) is 5.20. The van der Waals surface area contributed by atoms with Crippen LogP contribution in [0.25, 0.3) is 0 Å². The highest BCUT2D eigenvalue weighted by atomic mass is 32.7. The molecule has 1 nitrogen and oxygen atoms in total. The smallest absolute Gasteiger partial charge is 0.0363 e. The quantitative estimate of drug-likeness (QED) is 0.592. The summed E-state index contributed by atoms with van der Waals surface area (Å²) in [5.74, 6) is 0.912. The molecule has 2 N–H and O–H groups in total. The van der Waals surface area contributed by atoms with Crippen molar-refractivity contribution in [2.24, 2.45) is 5.73 Å². The van der Waals surface area contributed by atoms with Gasteiger partial charge in [-0.25, -0.2) is 0 Å². The zero-order valence-corrected chi connectivity index (χ0v) is 6.22. The summed E-state index contributed by atoms with van der Waals surface area (Å²) in [5.41, 5.74) is 6.04. The highest BCUT2D eigenvalue weighted by molar-refractivity contribution is 8.49. The molecule has 1 unspecified atom stereocenters. The molecule has 0 radical (unpaired) electrons. The Labute approximate surface area is 50.3 Å². The molecule has 0 aliphatic carbocycles. The fourth-order valence-electron chi connectivity index (χ4n) is 0.165. The van der Waals surface area contributed by atoms with E-state index in [9.17, 15) is 0 Å². The monoisotopic (exact) mass is 135 g/mol. The van der Waals surface area contributed by atoms with Crippen molar-refractivity contribution in [3.05, 3.63) is 12.3 Å². The Balaban J connectivity index is 2.82. The molecule has 0 bridgehead atoms. The fourth-order valence-corrected chi connectivity index (χ4v) is 1.48. The molecule has 0 aromatic carbocycles. The van der Waals surface area contributed by atoms with Crippen molar-refractivity contribution in [3.8, 4) is 0 Å². The standard InChI is InChI=1S/C4H10NPS/c1-4(5)3-7-6-2/h6H,1,3,5H2,2H3. The maximum Gasteiger partial charge on any atom is 0.0363 e. The van der Waals surface area contributed by atoms with Gasteiger partial charge in [0.1, 0.15) is 0 Å². The van der Waals surface area contributed by atoms with Gasteiger partial charge in [-0.1, -0.05) is 14.4 Å². The molecule has 3 heteroatoms. The van der Waals surface area contributed by atoms with Gasteiger partial charge in [-0.2, -0.15) is 0 Å². The van der Waals surface area contributed by atoms with E-state index in [0.29, 0.717) is 0 Å². The van der Waals surface area contributed by atoms with E-state index in [1.807, 2.05) is 11.4 Å². The summed E-state index contributed by atoms with van der Waals surface area (Å²) in [4.78, 5) is 0. The van der Waals surface area contributed by atoms with E-state index in [-0.39, 0.29) is 0 Å². The van der Waals surface area contributed by atoms with Crippen LogP contribution in [0.5, 0.6) is 0 Å². The summed E-state index contributed by atoms with van der Waals surface area (Å²) in [6, 6.07) is 0. The fraction of sp³-hybridized carbons (Fsp3) is 0.500. The van der Waals surface area contributed by atoms with Gasteiger partial charge in [0.25, 0.3) is 0 Å². The van der Waals surface area contributed by atoms with E-state index in [2.05, 4.69) is 13.2 Å². The van der Waals surface area contributed by atoms with E-state index < -0.39 is 0 Å². The molecule has 42 valence electrons. The minimum absolute atomic E-state index is 0.777. The summed E-state index contributed by atoms with van der Waals surface area (Å²) in [5, 5.41) is 0. The summed E-state index contributed by atoms with van der Waals surface area (Å²) >= 11 is 1.82. The van der Waals surface area contributed by atoms with Crippen molar-refractivity contribution >= 4 is 19.2 Å². The summed E-state index contributed by atoms with van der Waals surface area (Å²) in [6.07, 6.45) is 0. The lowest BCUT2D eigenvalue weighted by Gasteiger charge is -1.92. The van der Waals surface area contributed by atoms with Gasteiger partial charge in [0.2, 0.25) is 0 Å². The Bertz CT molecular complexity index is 64.7. The van der Waals surface area contributed by atoms with Crippen LogP contribution in [-0.2, 0) is 0 Å². The third kappa shape index (κ3) is 6.32. The number of hydrogen-bond acceptors (Lipinski definition) is 2. The topological polar surface area (TPSA) is 26.0 Å². The van der Waals surface area contributed by atoms with Crippen molar-refractivity contribution in [2.45, 2.75) is 0 Å². The van der Waals surface area contributed by atoms with Crippen LogP contribution in [0, 0.1) is 0 Å². The highest BCUT2D eigenvalue weighted by Gasteiger charge is 1.81. The second kappa shape index (κ2) is 4.48. The maximum atomic E-state index is 5.27. The minimum atomic E-state index is 0.777. The van der Waals surface area contributed by atoms with Crippen LogP contribution < -0.4 is 5.73 Å². The molecule has 0 heterocycles. The zero-order chi connectivity index (χ0) is 5.70. The first-order valence-electron chi connectivity index (χ1n) is 1.99. The number of nitrogens with two attached hydrogens (primary N) is 1. The van der Waals surface area contributed by atoms with Gasteiger partial charge in [0.15, 0.2) is 0 Å². The van der Waals surface area contributed by atoms with Crippen LogP contribution in [0.4, 0.5) is 0 Å². The molecule has 0 amide bonds. The average molecular weight is 135 g/mol. The van der Waals surface area contributed by atoms with Gasteiger partial charge < -0.3 is 5.73 Å². The normalized spacial score (nSPS) is 10.4. The van der Waals surface area contributed by atoms with Crippen LogP contribution >= 0.6 is 19.2 Å². The largest absolute Gasteiger partial charge is 0.402 e. The van der Waals surface area contributed by atoms with Gasteiger partial charge in [-0.15, -0.1) is 11.4 Å². The minimum Gasteiger partial charge on any atom is -0.402 e. The molecule has 0 aromatic rings. The molecule has 0 saturated carbocycles. The molecule has 0 rings (SSSR count). The predicted molar refractivity (Wildman–Crippen MR) is 40.0 cm³/mol. The van der Waals surface area contributed by atoms with Crippen LogP contribution in [-0.4, -0.2) is 12.4 Å². The molecule has 0 aliphatic rings. The van der Waals surface area contributed by atoms with E-state index in [1.54, 1.807) is 0 Å². The van der Waals surface area contributed by atoms with Crippen LogP contribution in [0.2, 0.25) is 0 Å². The Morgan fingerprint density at radius 2 is 2.57 bits per heavy atom. The first-order chi connectivity index (χ1) is 3.27. The molecular weight excluding hydrogens is 125 g/mol. The highest BCUT2D eigenvalue weighted by Crippen LogP contribution is 2.24. The third-order valence-electron chi connectivity index (χ3n) is 0.402. The van der Waals surface area contributed by atoms with Crippen molar-refractivity contribution in [3.63, 3.8) is 0 Å². The Kier molecular flexibility index (Phi) is 4.68. The molecule has 7 heavy (non-hydrogen) atoms. The second-order valence-electron chi connectivity index (χ2n) is 1.15. The van der Waals surface area contributed by atoms with Gasteiger partial charge in [0.05, 0.1) is 0 Å². The Morgan fingerprint density at radius 3 is 2.71 bits per heavy atom. The van der Waals surface area contributed by atoms with Gasteiger partial charge in [0, 0.05) is 11.4 Å². The Hall–Kier alpha value is 0.320. The predicted octanol–water partition coefficient (Wildman–Crippen LogP) is 1.42. The number of rotatable bonds is 3. The average Bonchev–Trinajstić information content (AvgIpc) is 1.61. The first kappa shape index (κ1) is 7.32. The molecule has 1 atom stereocenters. The lowest BCUT2D eigenvalue weighted by Crippen LogP contribution is -1.94. The van der Waals surface area contributed by atoms with E-state index in [0.717, 1.165) is 19.2 Å². The van der Waals surface area contributed by atoms with Gasteiger partial charge >= 0.3 is 0 Å². The summed E-state index contributed by atoms with van der Waals surface area (Å²) in [7, 11) is 0.926. The van der Waals surface area contributed by atoms with Gasteiger partial charge in [-0.05, 0) is 6.66 Å². The van der Waals surface area contributed by atoms with Gasteiger partial charge in [-0.3, -0.25) is 0 Å².